The van der Waals surface area contributed by atoms with Crippen LogP contribution in [0.25, 0.3) is 0 Å². The van der Waals surface area contributed by atoms with Crippen molar-refractivity contribution >= 4 is 51.8 Å². The molecule has 1 aromatic rings. The Kier molecular flexibility index (Phi) is 6.26. The second-order valence-electron chi connectivity index (χ2n) is 5.26. The maximum Gasteiger partial charge on any atom is 0.306 e. The van der Waals surface area contributed by atoms with Gasteiger partial charge in [-0.3, -0.25) is 9.59 Å². The first-order chi connectivity index (χ1) is 9.17. The second-order valence-corrected chi connectivity index (χ2v) is 6.86. The van der Waals surface area contributed by atoms with Crippen molar-refractivity contribution in [3.63, 3.8) is 0 Å². The number of carbonyl (C=O) groups excluding carboxylic acids is 2. The van der Waals surface area contributed by atoms with Gasteiger partial charge in [-0.05, 0) is 61.6 Å². The van der Waals surface area contributed by atoms with E-state index in [9.17, 15) is 9.59 Å². The number of esters is 1. The highest BCUT2D eigenvalue weighted by Gasteiger charge is 2.17. The summed E-state index contributed by atoms with van der Waals surface area (Å²) in [6.07, 6.45) is 0.154. The quantitative estimate of drug-likeness (QED) is 0.604. The van der Waals surface area contributed by atoms with Crippen molar-refractivity contribution in [1.29, 1.82) is 0 Å². The van der Waals surface area contributed by atoms with E-state index in [1.165, 1.54) is 0 Å². The summed E-state index contributed by atoms with van der Waals surface area (Å²) in [5, 5.41) is 3.35. The Morgan fingerprint density at radius 2 is 1.95 bits per heavy atom. The molecule has 0 saturated carbocycles. The van der Waals surface area contributed by atoms with Crippen molar-refractivity contribution in [2.45, 2.75) is 39.2 Å². The lowest BCUT2D eigenvalue weighted by molar-refractivity contribution is -0.155. The zero-order chi connectivity index (χ0) is 15.3. The van der Waals surface area contributed by atoms with Crippen LogP contribution >= 0.6 is 34.2 Å². The fourth-order valence-electron chi connectivity index (χ4n) is 1.41. The summed E-state index contributed by atoms with van der Waals surface area (Å²) in [6.45, 7) is 5.38. The number of hydrogen-bond acceptors (Lipinski definition) is 3. The predicted octanol–water partition coefficient (Wildman–Crippen LogP) is 4.01. The molecule has 0 saturated heterocycles. The van der Waals surface area contributed by atoms with E-state index in [0.717, 1.165) is 3.57 Å². The van der Waals surface area contributed by atoms with Crippen LogP contribution in [0.5, 0.6) is 0 Å². The summed E-state index contributed by atoms with van der Waals surface area (Å²) in [4.78, 5) is 23.3. The van der Waals surface area contributed by atoms with Gasteiger partial charge < -0.3 is 10.1 Å². The smallest absolute Gasteiger partial charge is 0.306 e. The van der Waals surface area contributed by atoms with Crippen molar-refractivity contribution in [2.24, 2.45) is 0 Å². The van der Waals surface area contributed by atoms with Gasteiger partial charge >= 0.3 is 5.97 Å². The number of rotatable bonds is 4. The lowest BCUT2D eigenvalue weighted by Crippen LogP contribution is -2.24. The SMILES string of the molecule is CC(C)(C)OC(=O)CCC(=O)Nc1ccc(Cl)cc1I. The second kappa shape index (κ2) is 7.26. The fourth-order valence-corrected chi connectivity index (χ4v) is 2.42. The van der Waals surface area contributed by atoms with Crippen molar-refractivity contribution in [1.82, 2.24) is 0 Å². The maximum atomic E-state index is 11.8. The zero-order valence-corrected chi connectivity index (χ0v) is 14.5. The predicted molar refractivity (Wildman–Crippen MR) is 87.9 cm³/mol. The van der Waals surface area contributed by atoms with E-state index in [2.05, 4.69) is 27.9 Å². The molecule has 0 fully saturated rings. The summed E-state index contributed by atoms with van der Waals surface area (Å²) in [6, 6.07) is 5.19. The third-order valence-corrected chi connectivity index (χ3v) is 3.31. The van der Waals surface area contributed by atoms with Crippen LogP contribution in [0.2, 0.25) is 5.02 Å². The molecule has 1 amide bonds. The minimum atomic E-state index is -0.529. The topological polar surface area (TPSA) is 55.4 Å². The minimum absolute atomic E-state index is 0.0628. The largest absolute Gasteiger partial charge is 0.460 e. The molecule has 20 heavy (non-hydrogen) atoms. The standard InChI is InChI=1S/C14H17ClINO3/c1-14(2,3)20-13(19)7-6-12(18)17-11-5-4-9(15)8-10(11)16/h4-5,8H,6-7H2,1-3H3,(H,17,18). The molecule has 4 nitrogen and oxygen atoms in total. The van der Waals surface area contributed by atoms with Gasteiger partial charge in [0.05, 0.1) is 12.1 Å². The Bertz CT molecular complexity index is 512. The van der Waals surface area contributed by atoms with Crippen LogP contribution in [0.15, 0.2) is 18.2 Å². The number of ether oxygens (including phenoxy) is 1. The van der Waals surface area contributed by atoms with Gasteiger partial charge in [-0.1, -0.05) is 11.6 Å². The van der Waals surface area contributed by atoms with E-state index >= 15 is 0 Å². The lowest BCUT2D eigenvalue weighted by atomic mass is 10.2. The van der Waals surface area contributed by atoms with Gasteiger partial charge in [0.25, 0.3) is 0 Å². The van der Waals surface area contributed by atoms with Crippen LogP contribution in [0.4, 0.5) is 5.69 Å². The van der Waals surface area contributed by atoms with Gasteiger partial charge in [0.1, 0.15) is 5.60 Å². The Balaban J connectivity index is 2.46. The number of nitrogens with one attached hydrogen (secondary N) is 1. The third-order valence-electron chi connectivity index (χ3n) is 2.18. The van der Waals surface area contributed by atoms with Crippen LogP contribution in [0.3, 0.4) is 0 Å². The molecule has 0 heterocycles. The molecule has 0 radical (unpaired) electrons. The molecule has 0 aliphatic carbocycles. The molecular weight excluding hydrogens is 393 g/mol. The van der Waals surface area contributed by atoms with E-state index in [-0.39, 0.29) is 24.7 Å². The van der Waals surface area contributed by atoms with E-state index < -0.39 is 5.60 Å². The molecule has 0 aromatic heterocycles. The Morgan fingerprint density at radius 1 is 1.30 bits per heavy atom. The van der Waals surface area contributed by atoms with Crippen LogP contribution in [0, 0.1) is 3.57 Å². The molecule has 0 aliphatic rings. The van der Waals surface area contributed by atoms with Crippen LogP contribution in [0.1, 0.15) is 33.6 Å². The fraction of sp³-hybridized carbons (Fsp3) is 0.429. The number of anilines is 1. The summed E-state index contributed by atoms with van der Waals surface area (Å²) in [7, 11) is 0. The molecule has 0 bridgehead atoms. The molecule has 6 heteroatoms. The number of benzene rings is 1. The average Bonchev–Trinajstić information content (AvgIpc) is 2.28. The third kappa shape index (κ3) is 6.56. The van der Waals surface area contributed by atoms with E-state index in [1.807, 2.05) is 0 Å². The van der Waals surface area contributed by atoms with E-state index in [0.29, 0.717) is 10.7 Å². The molecule has 0 unspecified atom stereocenters. The summed E-state index contributed by atoms with van der Waals surface area (Å²) < 4.78 is 5.99. The normalized spacial score (nSPS) is 11.1. The van der Waals surface area contributed by atoms with Crippen molar-refractivity contribution < 1.29 is 14.3 Å². The first-order valence-electron chi connectivity index (χ1n) is 6.14. The molecule has 1 aromatic carbocycles. The van der Waals surface area contributed by atoms with Crippen molar-refractivity contribution in [2.75, 3.05) is 5.32 Å². The highest BCUT2D eigenvalue weighted by Crippen LogP contribution is 2.22. The molecule has 110 valence electrons. The summed E-state index contributed by atoms with van der Waals surface area (Å²) in [5.74, 6) is -0.602. The number of halogens is 2. The van der Waals surface area contributed by atoms with Crippen LogP contribution in [-0.4, -0.2) is 17.5 Å². The Morgan fingerprint density at radius 3 is 2.50 bits per heavy atom. The first kappa shape index (κ1) is 17.2. The maximum absolute atomic E-state index is 11.8. The van der Waals surface area contributed by atoms with Gasteiger partial charge in [-0.15, -0.1) is 0 Å². The van der Waals surface area contributed by atoms with Gasteiger partial charge in [0.2, 0.25) is 5.91 Å². The van der Waals surface area contributed by atoms with Gasteiger partial charge in [0.15, 0.2) is 0 Å². The highest BCUT2D eigenvalue weighted by molar-refractivity contribution is 14.1. The van der Waals surface area contributed by atoms with Gasteiger partial charge in [-0.25, -0.2) is 0 Å². The number of hydrogen-bond donors (Lipinski definition) is 1. The highest BCUT2D eigenvalue weighted by atomic mass is 127. The van der Waals surface area contributed by atoms with Crippen molar-refractivity contribution in [3.05, 3.63) is 26.8 Å². The van der Waals surface area contributed by atoms with Crippen LogP contribution in [-0.2, 0) is 14.3 Å². The monoisotopic (exact) mass is 409 g/mol. The number of carbonyl (C=O) groups is 2. The zero-order valence-electron chi connectivity index (χ0n) is 11.6. The first-order valence-corrected chi connectivity index (χ1v) is 7.60. The van der Waals surface area contributed by atoms with E-state index in [4.69, 9.17) is 16.3 Å². The Hall–Kier alpha value is -0.820. The minimum Gasteiger partial charge on any atom is -0.460 e. The summed E-state index contributed by atoms with van der Waals surface area (Å²) in [5.41, 5.74) is 0.156. The average molecular weight is 410 g/mol. The molecule has 0 atom stereocenters. The lowest BCUT2D eigenvalue weighted by Gasteiger charge is -2.19. The van der Waals surface area contributed by atoms with E-state index in [1.54, 1.807) is 39.0 Å². The molecule has 0 aliphatic heterocycles. The van der Waals surface area contributed by atoms with Crippen molar-refractivity contribution in [3.8, 4) is 0 Å². The summed E-state index contributed by atoms with van der Waals surface area (Å²) >= 11 is 7.93. The molecule has 1 N–H and O–H groups in total. The van der Waals surface area contributed by atoms with Gasteiger partial charge in [0, 0.05) is 15.0 Å². The Labute approximate surface area is 137 Å². The molecule has 0 spiro atoms. The molecule has 1 rings (SSSR count). The number of amides is 1. The van der Waals surface area contributed by atoms with Crippen LogP contribution < -0.4 is 5.32 Å². The molecular formula is C14H17ClINO3. The van der Waals surface area contributed by atoms with Gasteiger partial charge in [-0.2, -0.15) is 0 Å².